The topological polar surface area (TPSA) is 67.2 Å². The highest BCUT2D eigenvalue weighted by molar-refractivity contribution is 5.47. The Morgan fingerprint density at radius 3 is 2.38 bits per heavy atom. The third-order valence-electron chi connectivity index (χ3n) is 6.53. The number of rotatable bonds is 8. The standard InChI is InChI=1S/C27H33N3O4/c1-20-18-24(31)25(27(32)30(20)16-17-33-2)26(21-8-7-11-23(19-21)34-3)29-14-12-28(13-15-29)22-9-5-4-6-10-22/h4-11,18-19,26,31H,12-17H2,1-3H3/t26-/m0/s1. The summed E-state index contributed by atoms with van der Waals surface area (Å²) in [5.74, 6) is 0.742. The van der Waals surface area contributed by atoms with Gasteiger partial charge in [-0.1, -0.05) is 30.3 Å². The third kappa shape index (κ3) is 4.95. The van der Waals surface area contributed by atoms with E-state index in [4.69, 9.17) is 9.47 Å². The first-order valence-corrected chi connectivity index (χ1v) is 11.6. The molecule has 34 heavy (non-hydrogen) atoms. The van der Waals surface area contributed by atoms with Crippen LogP contribution in [0.2, 0.25) is 0 Å². The molecule has 0 spiro atoms. The van der Waals surface area contributed by atoms with Crippen molar-refractivity contribution in [2.75, 3.05) is 51.9 Å². The number of anilines is 1. The van der Waals surface area contributed by atoms with Crippen LogP contribution in [0.3, 0.4) is 0 Å². The summed E-state index contributed by atoms with van der Waals surface area (Å²) in [6, 6.07) is 19.4. The number of para-hydroxylation sites is 1. The molecule has 4 rings (SSSR count). The van der Waals surface area contributed by atoms with E-state index in [-0.39, 0.29) is 11.3 Å². The molecule has 1 saturated heterocycles. The van der Waals surface area contributed by atoms with E-state index in [2.05, 4.69) is 21.9 Å². The second kappa shape index (κ2) is 10.8. The lowest BCUT2D eigenvalue weighted by atomic mass is 9.95. The minimum atomic E-state index is -0.394. The Bertz CT molecular complexity index is 1150. The summed E-state index contributed by atoms with van der Waals surface area (Å²) in [6.07, 6.45) is 0. The zero-order valence-corrected chi connectivity index (χ0v) is 20.1. The molecule has 0 unspecified atom stereocenters. The summed E-state index contributed by atoms with van der Waals surface area (Å²) in [5, 5.41) is 11.0. The lowest BCUT2D eigenvalue weighted by molar-refractivity contribution is 0.183. The number of aromatic nitrogens is 1. The zero-order chi connectivity index (χ0) is 24.1. The zero-order valence-electron chi connectivity index (χ0n) is 20.1. The van der Waals surface area contributed by atoms with E-state index >= 15 is 0 Å². The molecule has 3 aromatic rings. The van der Waals surface area contributed by atoms with E-state index in [1.54, 1.807) is 24.9 Å². The maximum atomic E-state index is 13.7. The van der Waals surface area contributed by atoms with Crippen LogP contribution in [0, 0.1) is 6.92 Å². The van der Waals surface area contributed by atoms with Crippen molar-refractivity contribution in [3.05, 3.63) is 87.8 Å². The average molecular weight is 464 g/mol. The van der Waals surface area contributed by atoms with Gasteiger partial charge in [-0.2, -0.15) is 0 Å². The van der Waals surface area contributed by atoms with Gasteiger partial charge >= 0.3 is 0 Å². The maximum absolute atomic E-state index is 13.7. The van der Waals surface area contributed by atoms with Crippen molar-refractivity contribution in [2.24, 2.45) is 0 Å². The van der Waals surface area contributed by atoms with Crippen molar-refractivity contribution >= 4 is 5.69 Å². The fraction of sp³-hybridized carbons (Fsp3) is 0.370. The number of benzene rings is 2. The molecule has 0 aliphatic carbocycles. The van der Waals surface area contributed by atoms with Gasteiger partial charge in [0.05, 0.1) is 25.3 Å². The molecule has 1 aliphatic heterocycles. The highest BCUT2D eigenvalue weighted by atomic mass is 16.5. The molecule has 180 valence electrons. The van der Waals surface area contributed by atoms with Gasteiger partial charge in [0.25, 0.3) is 5.56 Å². The van der Waals surface area contributed by atoms with Crippen LogP contribution in [0.15, 0.2) is 65.5 Å². The number of methoxy groups -OCH3 is 2. The summed E-state index contributed by atoms with van der Waals surface area (Å²) in [5.41, 5.74) is 3.03. The summed E-state index contributed by atoms with van der Waals surface area (Å²) in [6.45, 7) is 5.85. The van der Waals surface area contributed by atoms with Crippen LogP contribution < -0.4 is 15.2 Å². The number of pyridine rings is 1. The molecule has 0 saturated carbocycles. The molecule has 0 radical (unpaired) electrons. The predicted octanol–water partition coefficient (Wildman–Crippen LogP) is 3.43. The average Bonchev–Trinajstić information content (AvgIpc) is 2.87. The second-order valence-electron chi connectivity index (χ2n) is 8.57. The van der Waals surface area contributed by atoms with Crippen LogP contribution in [0.4, 0.5) is 5.69 Å². The van der Waals surface area contributed by atoms with Gasteiger partial charge in [0, 0.05) is 51.2 Å². The number of piperazine rings is 1. The molecule has 1 aliphatic rings. The number of hydrogen-bond acceptors (Lipinski definition) is 6. The second-order valence-corrected chi connectivity index (χ2v) is 8.57. The summed E-state index contributed by atoms with van der Waals surface area (Å²) in [7, 11) is 3.25. The van der Waals surface area contributed by atoms with Crippen molar-refractivity contribution in [3.8, 4) is 11.5 Å². The minimum absolute atomic E-state index is 0.0227. The lowest BCUT2D eigenvalue weighted by Crippen LogP contribution is -2.49. The Kier molecular flexibility index (Phi) is 7.55. The van der Waals surface area contributed by atoms with Gasteiger partial charge in [0.15, 0.2) is 0 Å². The molecule has 1 fully saturated rings. The van der Waals surface area contributed by atoms with E-state index in [0.29, 0.717) is 24.4 Å². The fourth-order valence-corrected chi connectivity index (χ4v) is 4.73. The van der Waals surface area contributed by atoms with E-state index in [1.165, 1.54) is 5.69 Å². The highest BCUT2D eigenvalue weighted by Gasteiger charge is 2.31. The summed E-state index contributed by atoms with van der Waals surface area (Å²) < 4.78 is 12.4. The Morgan fingerprint density at radius 1 is 0.971 bits per heavy atom. The van der Waals surface area contributed by atoms with E-state index in [1.807, 2.05) is 49.4 Å². The minimum Gasteiger partial charge on any atom is -0.507 e. The smallest absolute Gasteiger partial charge is 0.259 e. The van der Waals surface area contributed by atoms with Crippen molar-refractivity contribution < 1.29 is 14.6 Å². The van der Waals surface area contributed by atoms with Crippen LogP contribution in [-0.4, -0.2) is 61.6 Å². The molecular formula is C27H33N3O4. The maximum Gasteiger partial charge on any atom is 0.259 e. The molecule has 2 aromatic carbocycles. The third-order valence-corrected chi connectivity index (χ3v) is 6.53. The number of hydrogen-bond donors (Lipinski definition) is 1. The first kappa shape index (κ1) is 23.9. The number of aryl methyl sites for hydroxylation is 1. The molecule has 0 bridgehead atoms. The van der Waals surface area contributed by atoms with E-state index in [9.17, 15) is 9.90 Å². The normalized spacial score (nSPS) is 15.3. The van der Waals surface area contributed by atoms with Gasteiger partial charge in [-0.3, -0.25) is 9.69 Å². The van der Waals surface area contributed by atoms with Crippen molar-refractivity contribution in [3.63, 3.8) is 0 Å². The highest BCUT2D eigenvalue weighted by Crippen LogP contribution is 2.35. The summed E-state index contributed by atoms with van der Waals surface area (Å²) >= 11 is 0. The predicted molar refractivity (Wildman–Crippen MR) is 134 cm³/mol. The van der Waals surface area contributed by atoms with Gasteiger partial charge in [-0.15, -0.1) is 0 Å². The molecule has 1 atom stereocenters. The fourth-order valence-electron chi connectivity index (χ4n) is 4.73. The molecule has 7 heteroatoms. The van der Waals surface area contributed by atoms with E-state index in [0.717, 1.165) is 37.5 Å². The van der Waals surface area contributed by atoms with Gasteiger partial charge in [0.2, 0.25) is 0 Å². The molecule has 1 N–H and O–H groups in total. The quantitative estimate of drug-likeness (QED) is 0.552. The molecule has 7 nitrogen and oxygen atoms in total. The molecule has 0 amide bonds. The first-order valence-electron chi connectivity index (χ1n) is 11.6. The van der Waals surface area contributed by atoms with Crippen LogP contribution >= 0.6 is 0 Å². The van der Waals surface area contributed by atoms with Gasteiger partial charge < -0.3 is 24.0 Å². The van der Waals surface area contributed by atoms with Crippen LogP contribution in [0.25, 0.3) is 0 Å². The molecule has 1 aromatic heterocycles. The number of ether oxygens (including phenoxy) is 2. The summed E-state index contributed by atoms with van der Waals surface area (Å²) in [4.78, 5) is 18.3. The lowest BCUT2D eigenvalue weighted by Gasteiger charge is -2.40. The Labute approximate surface area is 200 Å². The SMILES string of the molecule is COCCn1c(C)cc(O)c([C@H](c2cccc(OC)c2)N2CCN(c3ccccc3)CC2)c1=O. The van der Waals surface area contributed by atoms with Crippen LogP contribution in [-0.2, 0) is 11.3 Å². The first-order chi connectivity index (χ1) is 16.5. The number of aromatic hydroxyl groups is 1. The largest absolute Gasteiger partial charge is 0.507 e. The van der Waals surface area contributed by atoms with Crippen LogP contribution in [0.5, 0.6) is 11.5 Å². The van der Waals surface area contributed by atoms with Crippen molar-refractivity contribution in [1.29, 1.82) is 0 Å². The van der Waals surface area contributed by atoms with E-state index < -0.39 is 6.04 Å². The van der Waals surface area contributed by atoms with Gasteiger partial charge in [0.1, 0.15) is 11.5 Å². The van der Waals surface area contributed by atoms with Gasteiger partial charge in [-0.25, -0.2) is 0 Å². The Morgan fingerprint density at radius 2 is 1.71 bits per heavy atom. The van der Waals surface area contributed by atoms with Crippen molar-refractivity contribution in [2.45, 2.75) is 19.5 Å². The monoisotopic (exact) mass is 463 g/mol. The Hall–Kier alpha value is -3.29. The molecular weight excluding hydrogens is 430 g/mol. The molecule has 2 heterocycles. The Balaban J connectivity index is 1.74. The van der Waals surface area contributed by atoms with Gasteiger partial charge in [-0.05, 0) is 42.8 Å². The number of nitrogens with zero attached hydrogens (tertiary/aromatic N) is 3. The van der Waals surface area contributed by atoms with Crippen molar-refractivity contribution in [1.82, 2.24) is 9.47 Å². The van der Waals surface area contributed by atoms with Crippen LogP contribution in [0.1, 0.15) is 22.9 Å².